The SMILES string of the molecule is CC1(C)c2ccccc2C(C)(c2ccc(-c3cccc(-c4ccc(-c5ccccc5)cc4)c3)cc2-c2ccccc2C=N)c2ccccc21. The Morgan fingerprint density at radius 1 is 0.367 bits per heavy atom. The van der Waals surface area contributed by atoms with Crippen molar-refractivity contribution >= 4 is 6.21 Å². The van der Waals surface area contributed by atoms with Crippen molar-refractivity contribution in [1.82, 2.24) is 0 Å². The van der Waals surface area contributed by atoms with Crippen LogP contribution >= 0.6 is 0 Å². The number of hydrogen-bond acceptors (Lipinski definition) is 1. The van der Waals surface area contributed by atoms with Crippen molar-refractivity contribution in [3.05, 3.63) is 203 Å². The molecule has 0 aliphatic heterocycles. The van der Waals surface area contributed by atoms with E-state index >= 15 is 0 Å². The molecule has 1 N–H and O–H groups in total. The third-order valence-corrected chi connectivity index (χ3v) is 10.8. The predicted octanol–water partition coefficient (Wildman–Crippen LogP) is 12.3. The molecule has 1 nitrogen and oxygen atoms in total. The lowest BCUT2D eigenvalue weighted by Gasteiger charge is -2.46. The lowest BCUT2D eigenvalue weighted by atomic mass is 9.56. The van der Waals surface area contributed by atoms with Gasteiger partial charge in [-0.15, -0.1) is 0 Å². The Hall–Kier alpha value is -5.79. The highest BCUT2D eigenvalue weighted by molar-refractivity contribution is 5.92. The summed E-state index contributed by atoms with van der Waals surface area (Å²) in [6, 6.07) is 61.5. The molecular formula is C48H39N. The van der Waals surface area contributed by atoms with Crippen LogP contribution in [0.15, 0.2) is 170 Å². The maximum Gasteiger partial charge on any atom is 0.0435 e. The monoisotopic (exact) mass is 629 g/mol. The first-order valence-electron chi connectivity index (χ1n) is 17.1. The molecule has 1 aliphatic carbocycles. The molecule has 0 heterocycles. The quantitative estimate of drug-likeness (QED) is 0.177. The number of rotatable bonds is 6. The third-order valence-electron chi connectivity index (χ3n) is 10.8. The molecule has 0 radical (unpaired) electrons. The Morgan fingerprint density at radius 3 is 1.45 bits per heavy atom. The summed E-state index contributed by atoms with van der Waals surface area (Å²) in [4.78, 5) is 0. The van der Waals surface area contributed by atoms with Gasteiger partial charge in [-0.1, -0.05) is 172 Å². The van der Waals surface area contributed by atoms with Gasteiger partial charge in [-0.2, -0.15) is 0 Å². The predicted molar refractivity (Wildman–Crippen MR) is 207 cm³/mol. The molecule has 1 aliphatic rings. The second kappa shape index (κ2) is 12.0. The Labute approximate surface area is 290 Å². The third kappa shape index (κ3) is 5.05. The first-order valence-corrected chi connectivity index (χ1v) is 17.1. The molecule has 7 aromatic rings. The fraction of sp³-hybridized carbons (Fsp3) is 0.104. The molecule has 0 bridgehead atoms. The van der Waals surface area contributed by atoms with Crippen LogP contribution in [-0.4, -0.2) is 6.21 Å². The number of benzene rings is 7. The van der Waals surface area contributed by atoms with Crippen molar-refractivity contribution in [2.75, 3.05) is 0 Å². The molecule has 1 heteroatoms. The second-order valence-corrected chi connectivity index (χ2v) is 13.9. The van der Waals surface area contributed by atoms with E-state index in [2.05, 4.69) is 178 Å². The zero-order chi connectivity index (χ0) is 33.6. The van der Waals surface area contributed by atoms with Crippen LogP contribution in [0.4, 0.5) is 0 Å². The van der Waals surface area contributed by atoms with Crippen LogP contribution in [0.25, 0.3) is 44.5 Å². The first kappa shape index (κ1) is 30.5. The van der Waals surface area contributed by atoms with Gasteiger partial charge in [-0.3, -0.25) is 0 Å². The number of nitrogens with one attached hydrogen (secondary N) is 1. The fourth-order valence-electron chi connectivity index (χ4n) is 8.12. The zero-order valence-electron chi connectivity index (χ0n) is 28.2. The van der Waals surface area contributed by atoms with E-state index in [4.69, 9.17) is 5.41 Å². The van der Waals surface area contributed by atoms with E-state index in [-0.39, 0.29) is 5.41 Å². The average Bonchev–Trinajstić information content (AvgIpc) is 3.17. The summed E-state index contributed by atoms with van der Waals surface area (Å²) >= 11 is 0. The smallest absolute Gasteiger partial charge is 0.0435 e. The summed E-state index contributed by atoms with van der Waals surface area (Å²) in [5.74, 6) is 0. The van der Waals surface area contributed by atoms with Crippen molar-refractivity contribution in [3.63, 3.8) is 0 Å². The molecular weight excluding hydrogens is 591 g/mol. The highest BCUT2D eigenvalue weighted by Crippen LogP contribution is 2.54. The number of hydrogen-bond donors (Lipinski definition) is 1. The summed E-state index contributed by atoms with van der Waals surface area (Å²) in [6.07, 6.45) is 1.49. The van der Waals surface area contributed by atoms with Gasteiger partial charge < -0.3 is 5.41 Å². The summed E-state index contributed by atoms with van der Waals surface area (Å²) in [7, 11) is 0. The molecule has 0 fully saturated rings. The van der Waals surface area contributed by atoms with Crippen molar-refractivity contribution in [2.24, 2.45) is 0 Å². The van der Waals surface area contributed by atoms with Crippen LogP contribution in [0, 0.1) is 5.41 Å². The molecule has 0 aromatic heterocycles. The second-order valence-electron chi connectivity index (χ2n) is 13.9. The van der Waals surface area contributed by atoms with E-state index in [0.29, 0.717) is 0 Å². The van der Waals surface area contributed by atoms with Crippen molar-refractivity contribution in [1.29, 1.82) is 5.41 Å². The standard InChI is InChI=1S/C48H39N/c1-47(2)43-20-9-11-22-45(43)48(3,46-23-12-10-21-44(46)47)42-29-28-38(31-41(42)40-19-8-7-16-39(40)32-49)37-18-13-17-36(30-37)35-26-24-34(25-27-35)33-14-5-4-6-15-33/h4-32,49H,1-3H3. The van der Waals surface area contributed by atoms with Crippen molar-refractivity contribution in [3.8, 4) is 44.5 Å². The van der Waals surface area contributed by atoms with Gasteiger partial charge in [0.25, 0.3) is 0 Å². The fourth-order valence-corrected chi connectivity index (χ4v) is 8.12. The normalized spacial score (nSPS) is 14.0. The highest BCUT2D eigenvalue weighted by atomic mass is 14.5. The van der Waals surface area contributed by atoms with Crippen molar-refractivity contribution in [2.45, 2.75) is 31.6 Å². The topological polar surface area (TPSA) is 23.9 Å². The maximum absolute atomic E-state index is 8.37. The highest BCUT2D eigenvalue weighted by Gasteiger charge is 2.45. The minimum Gasteiger partial charge on any atom is -0.308 e. The maximum atomic E-state index is 8.37. The molecule has 0 amide bonds. The van der Waals surface area contributed by atoms with Gasteiger partial charge in [0, 0.05) is 17.0 Å². The van der Waals surface area contributed by atoms with E-state index in [1.54, 1.807) is 0 Å². The lowest BCUT2D eigenvalue weighted by molar-refractivity contribution is 0.542. The van der Waals surface area contributed by atoms with E-state index in [1.807, 2.05) is 12.1 Å². The molecule has 0 saturated carbocycles. The molecule has 0 atom stereocenters. The molecule has 0 unspecified atom stereocenters. The van der Waals surface area contributed by atoms with Gasteiger partial charge in [0.05, 0.1) is 0 Å². The van der Waals surface area contributed by atoms with Crippen LogP contribution in [-0.2, 0) is 10.8 Å². The van der Waals surface area contributed by atoms with Gasteiger partial charge in [0.2, 0.25) is 0 Å². The van der Waals surface area contributed by atoms with E-state index in [9.17, 15) is 0 Å². The Bertz CT molecular complexity index is 2280. The Balaban J connectivity index is 1.30. The Morgan fingerprint density at radius 2 is 0.816 bits per heavy atom. The molecule has 236 valence electrons. The largest absolute Gasteiger partial charge is 0.308 e. The van der Waals surface area contributed by atoms with Gasteiger partial charge in [-0.05, 0) is 96.9 Å². The minimum atomic E-state index is -0.409. The summed E-state index contributed by atoms with van der Waals surface area (Å²) in [5, 5.41) is 8.37. The van der Waals surface area contributed by atoms with Crippen LogP contribution in [0.5, 0.6) is 0 Å². The van der Waals surface area contributed by atoms with Crippen LogP contribution < -0.4 is 0 Å². The summed E-state index contributed by atoms with van der Waals surface area (Å²) < 4.78 is 0. The molecule has 7 aromatic carbocycles. The Kier molecular flexibility index (Phi) is 7.49. The van der Waals surface area contributed by atoms with Crippen LogP contribution in [0.2, 0.25) is 0 Å². The van der Waals surface area contributed by atoms with Gasteiger partial charge in [-0.25, -0.2) is 0 Å². The minimum absolute atomic E-state index is 0.126. The van der Waals surface area contributed by atoms with Crippen molar-refractivity contribution < 1.29 is 0 Å². The molecule has 0 saturated heterocycles. The van der Waals surface area contributed by atoms with Gasteiger partial charge in [0.15, 0.2) is 0 Å². The van der Waals surface area contributed by atoms with E-state index in [1.165, 1.54) is 61.8 Å². The summed E-state index contributed by atoms with van der Waals surface area (Å²) in [6.45, 7) is 7.09. The molecule has 8 rings (SSSR count). The van der Waals surface area contributed by atoms with Gasteiger partial charge >= 0.3 is 0 Å². The summed E-state index contributed by atoms with van der Waals surface area (Å²) in [5.41, 5.74) is 16.4. The number of fused-ring (bicyclic) bond motifs is 2. The van der Waals surface area contributed by atoms with E-state index in [0.717, 1.165) is 22.3 Å². The average molecular weight is 630 g/mol. The van der Waals surface area contributed by atoms with Gasteiger partial charge in [0.1, 0.15) is 0 Å². The van der Waals surface area contributed by atoms with Crippen LogP contribution in [0.1, 0.15) is 54.2 Å². The van der Waals surface area contributed by atoms with Crippen LogP contribution in [0.3, 0.4) is 0 Å². The molecule has 49 heavy (non-hydrogen) atoms. The zero-order valence-corrected chi connectivity index (χ0v) is 28.2. The first-order chi connectivity index (χ1) is 23.9. The lowest BCUT2D eigenvalue weighted by Crippen LogP contribution is -2.39. The molecule has 0 spiro atoms. The van der Waals surface area contributed by atoms with E-state index < -0.39 is 5.41 Å².